The molecule has 0 N–H and O–H groups in total. The molecule has 0 amide bonds. The molecule has 3 aliphatic heterocycles. The van der Waals surface area contributed by atoms with E-state index in [0.29, 0.717) is 33.0 Å². The molecule has 8 atom stereocenters. The van der Waals surface area contributed by atoms with Crippen LogP contribution in [0.3, 0.4) is 0 Å². The van der Waals surface area contributed by atoms with Crippen molar-refractivity contribution < 1.29 is 42.6 Å². The third-order valence-corrected chi connectivity index (χ3v) is 10.8. The van der Waals surface area contributed by atoms with Gasteiger partial charge < -0.3 is 42.6 Å². The van der Waals surface area contributed by atoms with Gasteiger partial charge in [-0.25, -0.2) is 0 Å². The summed E-state index contributed by atoms with van der Waals surface area (Å²) in [4.78, 5) is 0. The number of benzene rings is 4. The predicted octanol–water partition coefficient (Wildman–Crippen LogP) is 8.06. The molecule has 0 radical (unpaired) electrons. The first-order valence-electron chi connectivity index (χ1n) is 19.7. The number of rotatable bonds is 15. The fourth-order valence-electron chi connectivity index (χ4n) is 7.90. The largest absolute Gasteiger partial charge is 0.493 e. The Hall–Kier alpha value is -3.90. The minimum absolute atomic E-state index is 0.244. The van der Waals surface area contributed by atoms with E-state index < -0.39 is 48.7 Å². The molecule has 3 heterocycles. The van der Waals surface area contributed by atoms with Crippen LogP contribution in [0.4, 0.5) is 0 Å². The molecule has 9 nitrogen and oxygen atoms in total. The number of ether oxygens (including phenoxy) is 9. The highest BCUT2D eigenvalue weighted by Gasteiger charge is 2.53. The quantitative estimate of drug-likeness (QED) is 0.120. The maximum absolute atomic E-state index is 7.04. The third-order valence-electron chi connectivity index (χ3n) is 10.8. The molecular weight excluding hydrogens is 696 g/mol. The van der Waals surface area contributed by atoms with Gasteiger partial charge in [-0.1, -0.05) is 128 Å². The van der Waals surface area contributed by atoms with Crippen LogP contribution in [-0.2, 0) is 69.1 Å². The number of fused-ring (bicyclic) bond motifs is 1. The van der Waals surface area contributed by atoms with Gasteiger partial charge in [0, 0.05) is 12.8 Å². The van der Waals surface area contributed by atoms with Gasteiger partial charge in [-0.05, 0) is 41.2 Å². The Morgan fingerprint density at radius 2 is 1.11 bits per heavy atom. The lowest BCUT2D eigenvalue weighted by Gasteiger charge is -2.50. The zero-order valence-electron chi connectivity index (χ0n) is 31.3. The molecule has 4 aliphatic rings. The molecule has 4 aromatic carbocycles. The molecule has 1 spiro atoms. The monoisotopic (exact) mass is 748 g/mol. The van der Waals surface area contributed by atoms with Crippen molar-refractivity contribution in [1.29, 1.82) is 0 Å². The minimum Gasteiger partial charge on any atom is -0.493 e. The Balaban J connectivity index is 1.11. The average Bonchev–Trinajstić information content (AvgIpc) is 3.24. The van der Waals surface area contributed by atoms with E-state index in [2.05, 4.69) is 36.4 Å². The Morgan fingerprint density at radius 1 is 0.582 bits per heavy atom. The van der Waals surface area contributed by atoms with Crippen molar-refractivity contribution in [3.05, 3.63) is 156 Å². The summed E-state index contributed by atoms with van der Waals surface area (Å²) in [6.07, 6.45) is 4.15. The van der Waals surface area contributed by atoms with Crippen molar-refractivity contribution in [2.75, 3.05) is 13.2 Å². The standard InChI is InChI=1S/C46H52O9/c1-6-16-34(17-7-1)28-47-32-40-42(49-29-35-18-8-2-9-19-35)43(50-30-36-20-10-3-11-21-36)44(51-31-37-22-12-4-13-23-37)45(54-40)53-38-24-27-48-39-33-52-46(55-41(38)39)25-14-5-15-26-46/h1-4,6-13,16-24,27,38-45H,5,14-15,25-26,28-33H2/t38-,39-,40-,41+,42-,43+,44-,45-/m1/s1. The lowest BCUT2D eigenvalue weighted by atomic mass is 9.91. The van der Waals surface area contributed by atoms with Crippen molar-refractivity contribution in [3.63, 3.8) is 0 Å². The molecule has 290 valence electrons. The summed E-state index contributed by atoms with van der Waals surface area (Å²) in [5, 5.41) is 0. The van der Waals surface area contributed by atoms with Crippen molar-refractivity contribution in [3.8, 4) is 0 Å². The van der Waals surface area contributed by atoms with E-state index in [1.165, 1.54) is 6.42 Å². The average molecular weight is 749 g/mol. The van der Waals surface area contributed by atoms with Gasteiger partial charge in [0.2, 0.25) is 0 Å². The van der Waals surface area contributed by atoms with Crippen LogP contribution in [0.25, 0.3) is 0 Å². The van der Waals surface area contributed by atoms with Gasteiger partial charge in [0.1, 0.15) is 36.6 Å². The van der Waals surface area contributed by atoms with E-state index in [0.717, 1.165) is 47.9 Å². The highest BCUT2D eigenvalue weighted by molar-refractivity contribution is 5.17. The second-order valence-electron chi connectivity index (χ2n) is 14.8. The highest BCUT2D eigenvalue weighted by atomic mass is 16.8. The minimum atomic E-state index is -0.867. The molecule has 3 fully saturated rings. The molecule has 0 bridgehead atoms. The first-order valence-corrected chi connectivity index (χ1v) is 19.7. The summed E-state index contributed by atoms with van der Waals surface area (Å²) in [7, 11) is 0. The van der Waals surface area contributed by atoms with Crippen molar-refractivity contribution >= 4 is 0 Å². The topological polar surface area (TPSA) is 83.1 Å². The molecule has 2 saturated heterocycles. The zero-order chi connectivity index (χ0) is 37.1. The fraction of sp³-hybridized carbons (Fsp3) is 0.435. The van der Waals surface area contributed by atoms with Crippen LogP contribution in [0.1, 0.15) is 54.4 Å². The predicted molar refractivity (Wildman–Crippen MR) is 205 cm³/mol. The smallest absolute Gasteiger partial charge is 0.187 e. The summed E-state index contributed by atoms with van der Waals surface area (Å²) >= 11 is 0. The normalized spacial score (nSPS) is 28.7. The van der Waals surface area contributed by atoms with E-state index in [1.54, 1.807) is 6.26 Å². The molecule has 8 rings (SSSR count). The Bertz CT molecular complexity index is 1730. The first-order chi connectivity index (χ1) is 27.2. The van der Waals surface area contributed by atoms with Crippen molar-refractivity contribution in [1.82, 2.24) is 0 Å². The van der Waals surface area contributed by atoms with E-state index >= 15 is 0 Å². The van der Waals surface area contributed by atoms with Gasteiger partial charge in [-0.2, -0.15) is 0 Å². The molecule has 0 unspecified atom stereocenters. The summed E-state index contributed by atoms with van der Waals surface area (Å²) < 4.78 is 60.2. The lowest BCUT2D eigenvalue weighted by Crippen LogP contribution is -2.64. The van der Waals surface area contributed by atoms with Crippen LogP contribution in [0.2, 0.25) is 0 Å². The van der Waals surface area contributed by atoms with E-state index in [1.807, 2.05) is 91.0 Å². The molecule has 1 saturated carbocycles. The SMILES string of the molecule is C1=C[C@@H](O[C@@H]2O[C@H](COCc3ccccc3)[C@@H](OCc3ccccc3)[C@H](OCc3ccccc3)[C@H]2OCc2ccccc2)[C@@H]2OC3(CCCCC3)OC[C@H]2O1. The lowest BCUT2D eigenvalue weighted by molar-refractivity contribution is -0.371. The fourth-order valence-corrected chi connectivity index (χ4v) is 7.90. The highest BCUT2D eigenvalue weighted by Crippen LogP contribution is 2.41. The van der Waals surface area contributed by atoms with Gasteiger partial charge in [0.15, 0.2) is 18.2 Å². The van der Waals surface area contributed by atoms with Crippen LogP contribution in [-0.4, -0.2) is 68.0 Å². The molecular formula is C46H52O9. The number of hydrogen-bond donors (Lipinski definition) is 0. The van der Waals surface area contributed by atoms with Crippen LogP contribution in [0, 0.1) is 0 Å². The molecule has 1 aliphatic carbocycles. The van der Waals surface area contributed by atoms with Crippen molar-refractivity contribution in [2.45, 2.75) is 113 Å². The second kappa shape index (κ2) is 18.8. The maximum Gasteiger partial charge on any atom is 0.187 e. The van der Waals surface area contributed by atoms with Gasteiger partial charge in [0.05, 0.1) is 45.9 Å². The molecule has 9 heteroatoms. The van der Waals surface area contributed by atoms with Crippen LogP contribution < -0.4 is 0 Å². The number of hydrogen-bond acceptors (Lipinski definition) is 9. The Morgan fingerprint density at radius 3 is 1.69 bits per heavy atom. The van der Waals surface area contributed by atoms with Crippen molar-refractivity contribution in [2.24, 2.45) is 0 Å². The van der Waals surface area contributed by atoms with Gasteiger partial charge in [0.25, 0.3) is 0 Å². The summed E-state index contributed by atoms with van der Waals surface area (Å²) in [5.74, 6) is -0.627. The molecule has 55 heavy (non-hydrogen) atoms. The van der Waals surface area contributed by atoms with E-state index in [4.69, 9.17) is 42.6 Å². The van der Waals surface area contributed by atoms with Crippen LogP contribution in [0.5, 0.6) is 0 Å². The Labute approximate surface area is 324 Å². The van der Waals surface area contributed by atoms with Crippen LogP contribution in [0.15, 0.2) is 134 Å². The van der Waals surface area contributed by atoms with Gasteiger partial charge in [-0.3, -0.25) is 0 Å². The Kier molecular flexibility index (Phi) is 13.0. The van der Waals surface area contributed by atoms with Gasteiger partial charge in [-0.15, -0.1) is 0 Å². The first kappa shape index (κ1) is 38.0. The molecule has 0 aromatic heterocycles. The van der Waals surface area contributed by atoms with Gasteiger partial charge >= 0.3 is 0 Å². The molecule has 4 aromatic rings. The summed E-state index contributed by atoms with van der Waals surface area (Å²) in [6, 6.07) is 40.5. The van der Waals surface area contributed by atoms with E-state index in [9.17, 15) is 0 Å². The summed E-state index contributed by atoms with van der Waals surface area (Å²) in [5.41, 5.74) is 4.17. The van der Waals surface area contributed by atoms with E-state index in [-0.39, 0.29) is 12.7 Å². The zero-order valence-corrected chi connectivity index (χ0v) is 31.3. The summed E-state index contributed by atoms with van der Waals surface area (Å²) in [6.45, 7) is 2.12. The third kappa shape index (κ3) is 9.92. The second-order valence-corrected chi connectivity index (χ2v) is 14.8. The maximum atomic E-state index is 7.04. The van der Waals surface area contributed by atoms with Crippen LogP contribution >= 0.6 is 0 Å².